The molecule has 1 N–H and O–H groups in total. The summed E-state index contributed by atoms with van der Waals surface area (Å²) in [5.41, 5.74) is 0.113. The van der Waals surface area contributed by atoms with Crippen LogP contribution in [0.25, 0.3) is 6.08 Å². The van der Waals surface area contributed by atoms with Crippen molar-refractivity contribution in [2.45, 2.75) is 18.0 Å². The molecule has 132 valence electrons. The third kappa shape index (κ3) is 2.24. The van der Waals surface area contributed by atoms with Gasteiger partial charge in [-0.3, -0.25) is 0 Å². The van der Waals surface area contributed by atoms with E-state index in [1.54, 1.807) is 35.3 Å². The molecule has 3 atom stereocenters. The molecule has 0 aromatic heterocycles. The van der Waals surface area contributed by atoms with Crippen molar-refractivity contribution in [3.05, 3.63) is 71.6 Å². The lowest BCUT2D eigenvalue weighted by Crippen LogP contribution is -2.44. The van der Waals surface area contributed by atoms with Crippen molar-refractivity contribution in [1.82, 2.24) is 0 Å². The van der Waals surface area contributed by atoms with Gasteiger partial charge in [0.1, 0.15) is 11.9 Å². The Morgan fingerprint density at radius 2 is 1.89 bits per heavy atom. The molecule has 0 radical (unpaired) electrons. The van der Waals surface area contributed by atoms with E-state index in [1.165, 1.54) is 18.2 Å². The lowest BCUT2D eigenvalue weighted by molar-refractivity contribution is -0.138. The zero-order chi connectivity index (χ0) is 19.2. The van der Waals surface area contributed by atoms with Gasteiger partial charge in [-0.05, 0) is 29.3 Å². The molecule has 1 saturated heterocycles. The second-order valence-corrected chi connectivity index (χ2v) is 6.68. The molecule has 2 heterocycles. The summed E-state index contributed by atoms with van der Waals surface area (Å²) in [6, 6.07) is 14.9. The van der Waals surface area contributed by atoms with E-state index in [4.69, 9.17) is 0 Å². The molecule has 5 nitrogen and oxygen atoms in total. The topological polar surface area (TPSA) is 88.1 Å². The summed E-state index contributed by atoms with van der Waals surface area (Å²) in [6.07, 6.45) is 3.50. The molecular formula is C21H14FN3O2. The van der Waals surface area contributed by atoms with E-state index in [2.05, 4.69) is 12.1 Å². The summed E-state index contributed by atoms with van der Waals surface area (Å²) in [5, 5.41) is 30.0. The highest BCUT2D eigenvalue weighted by Crippen LogP contribution is 2.54. The van der Waals surface area contributed by atoms with Crippen LogP contribution in [0.3, 0.4) is 0 Å². The Bertz CT molecular complexity index is 1040. The van der Waals surface area contributed by atoms with Gasteiger partial charge in [0.15, 0.2) is 5.41 Å². The number of rotatable bonds is 2. The third-order valence-corrected chi connectivity index (χ3v) is 5.38. The van der Waals surface area contributed by atoms with E-state index in [9.17, 15) is 24.8 Å². The van der Waals surface area contributed by atoms with E-state index in [1.807, 2.05) is 12.1 Å². The monoisotopic (exact) mass is 359 g/mol. The maximum Gasteiger partial charge on any atom is 0.327 e. The number of halogens is 1. The van der Waals surface area contributed by atoms with Crippen molar-refractivity contribution in [2.75, 3.05) is 4.90 Å². The highest BCUT2D eigenvalue weighted by molar-refractivity contribution is 5.87. The number of fused-ring (bicyclic) bond motifs is 3. The Hall–Kier alpha value is -3.64. The molecule has 2 aromatic carbocycles. The Balaban J connectivity index is 2.01. The van der Waals surface area contributed by atoms with Crippen LogP contribution in [0.2, 0.25) is 0 Å². The maximum absolute atomic E-state index is 13.9. The summed E-state index contributed by atoms with van der Waals surface area (Å²) in [7, 11) is 0. The van der Waals surface area contributed by atoms with E-state index < -0.39 is 35.2 Å². The highest BCUT2D eigenvalue weighted by atomic mass is 19.1. The summed E-state index contributed by atoms with van der Waals surface area (Å²) in [4.78, 5) is 13.9. The molecule has 2 aliphatic heterocycles. The first-order valence-corrected chi connectivity index (χ1v) is 8.40. The number of hydrogen-bond donors (Lipinski definition) is 1. The Kier molecular flexibility index (Phi) is 3.71. The number of carboxylic acids is 1. The Labute approximate surface area is 155 Å². The summed E-state index contributed by atoms with van der Waals surface area (Å²) in [6.45, 7) is 0. The minimum atomic E-state index is -1.67. The normalized spacial score (nSPS) is 24.4. The van der Waals surface area contributed by atoms with Crippen LogP contribution in [0.1, 0.15) is 17.0 Å². The van der Waals surface area contributed by atoms with Crippen LogP contribution in [-0.4, -0.2) is 23.2 Å². The SMILES string of the molecule is N#CC1(C#N)[C@@H]2C=Cc3ccccc3N2[C@H](C(=O)O)[C@@H]1c1cccc(F)c1. The minimum absolute atomic E-state index is 0.325. The number of anilines is 1. The van der Waals surface area contributed by atoms with E-state index in [-0.39, 0.29) is 0 Å². The molecule has 0 unspecified atom stereocenters. The first-order valence-electron chi connectivity index (χ1n) is 8.40. The van der Waals surface area contributed by atoms with Crippen molar-refractivity contribution < 1.29 is 14.3 Å². The minimum Gasteiger partial charge on any atom is -0.480 e. The second kappa shape index (κ2) is 5.96. The zero-order valence-electron chi connectivity index (χ0n) is 14.1. The average Bonchev–Trinajstić information content (AvgIpc) is 2.99. The first-order chi connectivity index (χ1) is 13.0. The molecule has 2 aliphatic rings. The van der Waals surface area contributed by atoms with Gasteiger partial charge < -0.3 is 10.0 Å². The fourth-order valence-electron chi connectivity index (χ4n) is 4.29. The number of benzene rings is 2. The summed E-state index contributed by atoms with van der Waals surface area (Å²) in [5.74, 6) is -2.71. The average molecular weight is 359 g/mol. The van der Waals surface area contributed by atoms with Crippen molar-refractivity contribution in [2.24, 2.45) is 5.41 Å². The number of hydrogen-bond acceptors (Lipinski definition) is 4. The van der Waals surface area contributed by atoms with Gasteiger partial charge >= 0.3 is 5.97 Å². The van der Waals surface area contributed by atoms with Gasteiger partial charge in [0.2, 0.25) is 0 Å². The molecule has 0 spiro atoms. The molecule has 0 aliphatic carbocycles. The number of carbonyl (C=O) groups is 1. The van der Waals surface area contributed by atoms with Gasteiger partial charge in [-0.25, -0.2) is 9.18 Å². The van der Waals surface area contributed by atoms with Crippen LogP contribution >= 0.6 is 0 Å². The lowest BCUT2D eigenvalue weighted by Gasteiger charge is -2.34. The largest absolute Gasteiger partial charge is 0.480 e. The highest BCUT2D eigenvalue weighted by Gasteiger charge is 2.63. The quantitative estimate of drug-likeness (QED) is 0.889. The molecule has 1 fully saturated rings. The standard InChI is InChI=1S/C21H14FN3O2/c22-15-6-3-5-14(10-15)18-19(20(26)27)25-16-7-2-1-4-13(16)8-9-17(25)21(18,11-23)12-24/h1-10,17-19H,(H,26,27)/t17-,18-,19-/m0/s1. The van der Waals surface area contributed by atoms with Crippen molar-refractivity contribution in [3.63, 3.8) is 0 Å². The number of aliphatic carboxylic acids is 1. The van der Waals surface area contributed by atoms with Crippen LogP contribution < -0.4 is 4.90 Å². The van der Waals surface area contributed by atoms with E-state index in [0.29, 0.717) is 11.3 Å². The molecule has 0 saturated carbocycles. The predicted molar refractivity (Wildman–Crippen MR) is 96.0 cm³/mol. The van der Waals surface area contributed by atoms with Gasteiger partial charge in [-0.2, -0.15) is 10.5 Å². The fourth-order valence-corrected chi connectivity index (χ4v) is 4.29. The molecule has 2 aromatic rings. The van der Waals surface area contributed by atoms with Crippen molar-refractivity contribution in [3.8, 4) is 12.1 Å². The lowest BCUT2D eigenvalue weighted by atomic mass is 9.70. The van der Waals surface area contributed by atoms with Gasteiger partial charge in [-0.15, -0.1) is 0 Å². The van der Waals surface area contributed by atoms with Crippen LogP contribution in [0, 0.1) is 33.9 Å². The van der Waals surface area contributed by atoms with Gasteiger partial charge in [0.05, 0.1) is 18.2 Å². The predicted octanol–water partition coefficient (Wildman–Crippen LogP) is 3.31. The first kappa shape index (κ1) is 16.8. The fraction of sp³-hybridized carbons (Fsp3) is 0.190. The van der Waals surface area contributed by atoms with Gasteiger partial charge in [0, 0.05) is 11.6 Å². The molecule has 27 heavy (non-hydrogen) atoms. The number of para-hydroxylation sites is 1. The molecular weight excluding hydrogens is 345 g/mol. The molecule has 4 rings (SSSR count). The van der Waals surface area contributed by atoms with Crippen LogP contribution in [0.4, 0.5) is 10.1 Å². The maximum atomic E-state index is 13.9. The number of nitriles is 2. The van der Waals surface area contributed by atoms with E-state index >= 15 is 0 Å². The second-order valence-electron chi connectivity index (χ2n) is 6.68. The van der Waals surface area contributed by atoms with Crippen LogP contribution in [0.15, 0.2) is 54.6 Å². The van der Waals surface area contributed by atoms with Crippen molar-refractivity contribution >= 4 is 17.7 Å². The van der Waals surface area contributed by atoms with Crippen LogP contribution in [-0.2, 0) is 4.79 Å². The molecule has 0 bridgehead atoms. The van der Waals surface area contributed by atoms with Crippen LogP contribution in [0.5, 0.6) is 0 Å². The summed E-state index contributed by atoms with van der Waals surface area (Å²) < 4.78 is 13.9. The Morgan fingerprint density at radius 1 is 1.15 bits per heavy atom. The number of nitrogens with zero attached hydrogens (tertiary/aromatic N) is 3. The van der Waals surface area contributed by atoms with Gasteiger partial charge in [0.25, 0.3) is 0 Å². The Morgan fingerprint density at radius 3 is 2.56 bits per heavy atom. The van der Waals surface area contributed by atoms with Gasteiger partial charge in [-0.1, -0.05) is 42.5 Å². The summed E-state index contributed by atoms with van der Waals surface area (Å²) >= 11 is 0. The van der Waals surface area contributed by atoms with E-state index in [0.717, 1.165) is 5.56 Å². The number of carboxylic acid groups (broad SMARTS) is 1. The smallest absolute Gasteiger partial charge is 0.327 e. The molecule has 0 amide bonds. The third-order valence-electron chi connectivity index (χ3n) is 5.38. The molecule has 6 heteroatoms. The van der Waals surface area contributed by atoms with Crippen molar-refractivity contribution in [1.29, 1.82) is 10.5 Å². The zero-order valence-corrected chi connectivity index (χ0v) is 14.1.